The number of carbonyl (C=O) groups excluding carboxylic acids is 1. The number of thiocarbonyl (C=S) groups is 1. The summed E-state index contributed by atoms with van der Waals surface area (Å²) in [5.74, 6) is 1.13. The molecule has 0 atom stereocenters. The maximum Gasteiger partial charge on any atom is 0.257 e. The fourth-order valence-corrected chi connectivity index (χ4v) is 2.32. The zero-order valence-corrected chi connectivity index (χ0v) is 15.8. The highest BCUT2D eigenvalue weighted by Gasteiger charge is 2.08. The first-order chi connectivity index (χ1) is 11.9. The lowest BCUT2D eigenvalue weighted by atomic mass is 10.1. The minimum atomic E-state index is -0.289. The molecule has 2 N–H and O–H groups in total. The van der Waals surface area contributed by atoms with Crippen LogP contribution in [0.15, 0.2) is 48.5 Å². The summed E-state index contributed by atoms with van der Waals surface area (Å²) < 4.78 is 5.67. The third-order valence-corrected chi connectivity index (χ3v) is 3.87. The van der Waals surface area contributed by atoms with Crippen LogP contribution in [0, 0.1) is 5.92 Å². The van der Waals surface area contributed by atoms with Gasteiger partial charge in [0.1, 0.15) is 5.75 Å². The van der Waals surface area contributed by atoms with Crippen LogP contribution in [0.2, 0.25) is 5.02 Å². The highest BCUT2D eigenvalue weighted by atomic mass is 35.5. The minimum absolute atomic E-state index is 0.230. The number of benzene rings is 2. The molecule has 25 heavy (non-hydrogen) atoms. The molecule has 0 saturated heterocycles. The van der Waals surface area contributed by atoms with Crippen molar-refractivity contribution in [3.8, 4) is 5.75 Å². The number of carbonyl (C=O) groups is 1. The van der Waals surface area contributed by atoms with E-state index < -0.39 is 0 Å². The molecule has 0 radical (unpaired) electrons. The molecule has 0 aliphatic heterocycles. The van der Waals surface area contributed by atoms with Gasteiger partial charge < -0.3 is 10.1 Å². The van der Waals surface area contributed by atoms with Gasteiger partial charge in [-0.1, -0.05) is 25.4 Å². The van der Waals surface area contributed by atoms with Crippen molar-refractivity contribution in [2.24, 2.45) is 5.92 Å². The van der Waals surface area contributed by atoms with Gasteiger partial charge in [-0.2, -0.15) is 0 Å². The van der Waals surface area contributed by atoms with Gasteiger partial charge in [0.25, 0.3) is 5.91 Å². The molecule has 0 aromatic heterocycles. The Kier molecular flexibility index (Phi) is 7.22. The van der Waals surface area contributed by atoms with E-state index in [1.807, 2.05) is 24.3 Å². The Bertz CT molecular complexity index is 715. The quantitative estimate of drug-likeness (QED) is 0.704. The van der Waals surface area contributed by atoms with Gasteiger partial charge in [0.15, 0.2) is 5.11 Å². The Labute approximate surface area is 158 Å². The molecule has 0 aliphatic carbocycles. The van der Waals surface area contributed by atoms with E-state index in [0.717, 1.165) is 17.9 Å². The zero-order chi connectivity index (χ0) is 18.2. The molecule has 0 spiro atoms. The topological polar surface area (TPSA) is 50.4 Å². The lowest BCUT2D eigenvalue weighted by molar-refractivity contribution is 0.0977. The summed E-state index contributed by atoms with van der Waals surface area (Å²) in [6.45, 7) is 5.02. The maximum atomic E-state index is 12.1. The number of rotatable bonds is 6. The van der Waals surface area contributed by atoms with Crippen LogP contribution in [0.25, 0.3) is 0 Å². The van der Waals surface area contributed by atoms with Gasteiger partial charge in [0, 0.05) is 16.3 Å². The number of nitrogens with one attached hydrogen (secondary N) is 2. The van der Waals surface area contributed by atoms with E-state index in [1.54, 1.807) is 24.3 Å². The van der Waals surface area contributed by atoms with Crippen LogP contribution in [0.3, 0.4) is 0 Å². The largest absolute Gasteiger partial charge is 0.494 e. The minimum Gasteiger partial charge on any atom is -0.494 e. The lowest BCUT2D eigenvalue weighted by Gasteiger charge is -2.11. The average Bonchev–Trinajstić information content (AvgIpc) is 2.56. The number of hydrogen-bond donors (Lipinski definition) is 2. The number of anilines is 1. The second-order valence-electron chi connectivity index (χ2n) is 5.97. The molecule has 6 heteroatoms. The van der Waals surface area contributed by atoms with Gasteiger partial charge in [-0.25, -0.2) is 0 Å². The number of halogens is 1. The Hall–Kier alpha value is -2.11. The van der Waals surface area contributed by atoms with Crippen molar-refractivity contribution in [2.75, 3.05) is 11.9 Å². The van der Waals surface area contributed by atoms with Crippen molar-refractivity contribution in [2.45, 2.75) is 20.3 Å². The molecule has 2 aromatic carbocycles. The first kappa shape index (κ1) is 19.2. The van der Waals surface area contributed by atoms with Crippen molar-refractivity contribution in [1.29, 1.82) is 0 Å². The first-order valence-corrected chi connectivity index (χ1v) is 8.83. The Balaban J connectivity index is 1.83. The molecule has 2 aromatic rings. The smallest absolute Gasteiger partial charge is 0.257 e. The van der Waals surface area contributed by atoms with Crippen LogP contribution < -0.4 is 15.4 Å². The number of amides is 1. The second kappa shape index (κ2) is 9.39. The predicted octanol–water partition coefficient (Wildman–Crippen LogP) is 4.89. The molecule has 0 saturated carbocycles. The molecular weight excluding hydrogens is 356 g/mol. The van der Waals surface area contributed by atoms with E-state index >= 15 is 0 Å². The third kappa shape index (κ3) is 6.72. The summed E-state index contributed by atoms with van der Waals surface area (Å²) in [5.41, 5.74) is 1.26. The SMILES string of the molecule is CC(C)CCOc1ccc(NC(=S)NC(=O)c2ccc(Cl)cc2)cc1. The Morgan fingerprint density at radius 2 is 1.76 bits per heavy atom. The van der Waals surface area contributed by atoms with Crippen LogP contribution in [0.5, 0.6) is 5.75 Å². The van der Waals surface area contributed by atoms with Gasteiger partial charge in [-0.15, -0.1) is 0 Å². The third-order valence-electron chi connectivity index (χ3n) is 3.41. The van der Waals surface area contributed by atoms with E-state index in [4.69, 9.17) is 28.6 Å². The maximum absolute atomic E-state index is 12.1. The van der Waals surface area contributed by atoms with Crippen LogP contribution in [-0.4, -0.2) is 17.6 Å². The van der Waals surface area contributed by atoms with E-state index in [2.05, 4.69) is 24.5 Å². The summed E-state index contributed by atoms with van der Waals surface area (Å²) in [7, 11) is 0. The molecule has 2 rings (SSSR count). The van der Waals surface area contributed by atoms with Gasteiger partial charge >= 0.3 is 0 Å². The number of ether oxygens (including phenoxy) is 1. The lowest BCUT2D eigenvalue weighted by Crippen LogP contribution is -2.34. The van der Waals surface area contributed by atoms with Crippen molar-refractivity contribution < 1.29 is 9.53 Å². The van der Waals surface area contributed by atoms with Crippen molar-refractivity contribution >= 4 is 40.5 Å². The Morgan fingerprint density at radius 3 is 2.36 bits per heavy atom. The van der Waals surface area contributed by atoms with E-state index in [0.29, 0.717) is 23.1 Å². The highest BCUT2D eigenvalue weighted by Crippen LogP contribution is 2.16. The summed E-state index contributed by atoms with van der Waals surface area (Å²) in [6, 6.07) is 14.0. The van der Waals surface area contributed by atoms with E-state index in [9.17, 15) is 4.79 Å². The highest BCUT2D eigenvalue weighted by molar-refractivity contribution is 7.80. The van der Waals surface area contributed by atoms with Gasteiger partial charge in [-0.3, -0.25) is 10.1 Å². The molecule has 4 nitrogen and oxygen atoms in total. The second-order valence-corrected chi connectivity index (χ2v) is 6.82. The van der Waals surface area contributed by atoms with Crippen LogP contribution in [0.1, 0.15) is 30.6 Å². The molecule has 0 fully saturated rings. The van der Waals surface area contributed by atoms with E-state index in [-0.39, 0.29) is 11.0 Å². The van der Waals surface area contributed by atoms with Crippen LogP contribution >= 0.6 is 23.8 Å². The van der Waals surface area contributed by atoms with Crippen molar-refractivity contribution in [3.05, 3.63) is 59.1 Å². The van der Waals surface area contributed by atoms with Crippen LogP contribution in [-0.2, 0) is 0 Å². The average molecular weight is 377 g/mol. The van der Waals surface area contributed by atoms with Crippen LogP contribution in [0.4, 0.5) is 5.69 Å². The molecule has 0 aliphatic rings. The fraction of sp³-hybridized carbons (Fsp3) is 0.263. The molecule has 0 bridgehead atoms. The molecular formula is C19H21ClN2O2S. The monoisotopic (exact) mass is 376 g/mol. The fourth-order valence-electron chi connectivity index (χ4n) is 1.99. The molecule has 0 heterocycles. The summed E-state index contributed by atoms with van der Waals surface area (Å²) >= 11 is 11.0. The predicted molar refractivity (Wildman–Crippen MR) is 107 cm³/mol. The van der Waals surface area contributed by atoms with Crippen molar-refractivity contribution in [3.63, 3.8) is 0 Å². The summed E-state index contributed by atoms with van der Waals surface area (Å²) in [4.78, 5) is 12.1. The van der Waals surface area contributed by atoms with Gasteiger partial charge in [-0.05, 0) is 73.1 Å². The van der Waals surface area contributed by atoms with Gasteiger partial charge in [0.05, 0.1) is 6.61 Å². The van der Waals surface area contributed by atoms with Crippen molar-refractivity contribution in [1.82, 2.24) is 5.32 Å². The summed E-state index contributed by atoms with van der Waals surface area (Å²) in [6.07, 6.45) is 1.01. The zero-order valence-electron chi connectivity index (χ0n) is 14.2. The standard InChI is InChI=1S/C19H21ClN2O2S/c1-13(2)11-12-24-17-9-7-16(8-10-17)21-19(25)22-18(23)14-3-5-15(20)6-4-14/h3-10,13H,11-12H2,1-2H3,(H2,21,22,23,25). The van der Waals surface area contributed by atoms with Gasteiger partial charge in [0.2, 0.25) is 0 Å². The molecule has 132 valence electrons. The molecule has 0 unspecified atom stereocenters. The molecule has 1 amide bonds. The first-order valence-electron chi connectivity index (χ1n) is 8.05. The normalized spacial score (nSPS) is 10.4. The summed E-state index contributed by atoms with van der Waals surface area (Å²) in [5, 5.41) is 6.41. The van der Waals surface area contributed by atoms with E-state index in [1.165, 1.54) is 0 Å². The Morgan fingerprint density at radius 1 is 1.12 bits per heavy atom. The number of hydrogen-bond acceptors (Lipinski definition) is 3.